The van der Waals surface area contributed by atoms with Crippen LogP contribution in [-0.2, 0) is 16.0 Å². The summed E-state index contributed by atoms with van der Waals surface area (Å²) in [5, 5.41) is 3.16. The number of ether oxygens (including phenoxy) is 4. The molecule has 0 saturated carbocycles. The molecule has 1 aromatic heterocycles. The molecule has 1 heterocycles. The van der Waals surface area contributed by atoms with Gasteiger partial charge in [0.2, 0.25) is 5.75 Å². The third-order valence-corrected chi connectivity index (χ3v) is 5.79. The van der Waals surface area contributed by atoms with Gasteiger partial charge in [0.15, 0.2) is 18.1 Å². The number of benzene rings is 2. The Morgan fingerprint density at radius 3 is 2.38 bits per heavy atom. The number of rotatable bonds is 7. The van der Waals surface area contributed by atoms with Crippen molar-refractivity contribution in [2.45, 2.75) is 12.8 Å². The number of methoxy groups -OCH3 is 3. The van der Waals surface area contributed by atoms with Gasteiger partial charge in [-0.2, -0.15) is 0 Å². The fourth-order valence-electron chi connectivity index (χ4n) is 4.17. The first-order chi connectivity index (χ1) is 16.5. The second-order valence-electron chi connectivity index (χ2n) is 7.71. The first-order valence-corrected chi connectivity index (χ1v) is 10.8. The summed E-state index contributed by atoms with van der Waals surface area (Å²) < 4.78 is 21.7. The molecular weight excluding hydrogens is 436 g/mol. The molecule has 176 valence electrons. The second kappa shape index (κ2) is 9.82. The van der Waals surface area contributed by atoms with Gasteiger partial charge in [0, 0.05) is 12.4 Å². The molecule has 0 fully saturated rings. The quantitative estimate of drug-likeness (QED) is 0.536. The van der Waals surface area contributed by atoms with Crippen LogP contribution in [0.2, 0.25) is 0 Å². The molecule has 0 atom stereocenters. The Balaban J connectivity index is 1.81. The molecule has 0 saturated heterocycles. The van der Waals surface area contributed by atoms with E-state index in [4.69, 9.17) is 23.9 Å². The normalized spacial score (nSPS) is 13.5. The molecule has 1 amide bonds. The number of aromatic nitrogens is 1. The molecule has 1 aliphatic rings. The van der Waals surface area contributed by atoms with Crippen molar-refractivity contribution < 1.29 is 28.5 Å². The summed E-state index contributed by atoms with van der Waals surface area (Å²) in [6.45, 7) is -0.338. The number of carbonyl (C=O) groups excluding carboxylic acids is 2. The third-order valence-electron chi connectivity index (χ3n) is 5.79. The van der Waals surface area contributed by atoms with E-state index in [1.54, 1.807) is 21.3 Å². The van der Waals surface area contributed by atoms with E-state index in [0.29, 0.717) is 46.6 Å². The van der Waals surface area contributed by atoms with Gasteiger partial charge in [-0.1, -0.05) is 18.2 Å². The number of likely N-dealkylation sites (N-methyl/N-ethyl adjacent to an activating group) is 1. The average Bonchev–Trinajstić information content (AvgIpc) is 3.26. The first-order valence-electron chi connectivity index (χ1n) is 10.8. The summed E-state index contributed by atoms with van der Waals surface area (Å²) in [7, 11) is 6.20. The highest BCUT2D eigenvalue weighted by atomic mass is 16.5. The lowest BCUT2D eigenvalue weighted by molar-refractivity contribution is -0.123. The predicted octanol–water partition coefficient (Wildman–Crippen LogP) is 3.65. The van der Waals surface area contributed by atoms with Gasteiger partial charge in [0.1, 0.15) is 0 Å². The van der Waals surface area contributed by atoms with E-state index >= 15 is 0 Å². The SMILES string of the molecule is CNC(=O)COC(=O)c1c2c(nc3ccccc13)/C(=C\c1cc(OC)c(OC)c(OC)c1)CC2. The van der Waals surface area contributed by atoms with Gasteiger partial charge in [0.25, 0.3) is 5.91 Å². The second-order valence-corrected chi connectivity index (χ2v) is 7.71. The summed E-state index contributed by atoms with van der Waals surface area (Å²) in [4.78, 5) is 29.5. The lowest BCUT2D eigenvalue weighted by Gasteiger charge is -2.14. The van der Waals surface area contributed by atoms with E-state index in [2.05, 4.69) is 5.32 Å². The monoisotopic (exact) mass is 462 g/mol. The summed E-state index contributed by atoms with van der Waals surface area (Å²) in [6.07, 6.45) is 3.34. The number of fused-ring (bicyclic) bond motifs is 2. The van der Waals surface area contributed by atoms with Crippen molar-refractivity contribution in [3.8, 4) is 17.2 Å². The minimum atomic E-state index is -0.535. The van der Waals surface area contributed by atoms with Crippen LogP contribution in [0.1, 0.15) is 33.6 Å². The summed E-state index contributed by atoms with van der Waals surface area (Å²) >= 11 is 0. The standard InChI is InChI=1S/C26H26N2O6/c1-27-22(29)14-34-26(30)23-17-7-5-6-8-19(17)28-24-16(9-10-18(23)24)11-15-12-20(31-2)25(33-4)21(13-15)32-3/h5-8,11-13H,9-10,14H2,1-4H3,(H,27,29)/b16-11-. The van der Waals surface area contributed by atoms with Gasteiger partial charge in [-0.05, 0) is 53.8 Å². The highest BCUT2D eigenvalue weighted by Crippen LogP contribution is 2.41. The zero-order valence-corrected chi connectivity index (χ0v) is 19.6. The van der Waals surface area contributed by atoms with Crippen LogP contribution in [0.4, 0.5) is 0 Å². The van der Waals surface area contributed by atoms with Gasteiger partial charge < -0.3 is 24.3 Å². The van der Waals surface area contributed by atoms with Crippen molar-refractivity contribution in [2.75, 3.05) is 35.0 Å². The van der Waals surface area contributed by atoms with Gasteiger partial charge in [0.05, 0.1) is 38.1 Å². The zero-order valence-electron chi connectivity index (χ0n) is 19.6. The molecule has 0 bridgehead atoms. The Morgan fingerprint density at radius 1 is 1.03 bits per heavy atom. The van der Waals surface area contributed by atoms with Gasteiger partial charge in [-0.3, -0.25) is 4.79 Å². The van der Waals surface area contributed by atoms with E-state index in [-0.39, 0.29) is 12.5 Å². The van der Waals surface area contributed by atoms with Crippen molar-refractivity contribution in [2.24, 2.45) is 0 Å². The van der Waals surface area contributed by atoms with Crippen LogP contribution in [0.25, 0.3) is 22.6 Å². The molecule has 0 spiro atoms. The predicted molar refractivity (Wildman–Crippen MR) is 128 cm³/mol. The maximum absolute atomic E-state index is 13.0. The average molecular weight is 463 g/mol. The molecule has 3 aromatic rings. The Hall–Kier alpha value is -4.07. The molecular formula is C26H26N2O6. The van der Waals surface area contributed by atoms with E-state index in [0.717, 1.165) is 22.4 Å². The molecule has 2 aromatic carbocycles. The van der Waals surface area contributed by atoms with Crippen LogP contribution < -0.4 is 19.5 Å². The topological polar surface area (TPSA) is 96.0 Å². The molecule has 4 rings (SSSR count). The van der Waals surface area contributed by atoms with Crippen LogP contribution in [0.5, 0.6) is 17.2 Å². The summed E-state index contributed by atoms with van der Waals surface area (Å²) in [5.74, 6) is 0.719. The number of esters is 1. The minimum Gasteiger partial charge on any atom is -0.493 e. The van der Waals surface area contributed by atoms with Crippen LogP contribution in [0, 0.1) is 0 Å². The smallest absolute Gasteiger partial charge is 0.339 e. The summed E-state index contributed by atoms with van der Waals surface area (Å²) in [5.41, 5.74) is 4.55. The third kappa shape index (κ3) is 4.26. The highest BCUT2D eigenvalue weighted by molar-refractivity contribution is 6.07. The molecule has 1 N–H and O–H groups in total. The minimum absolute atomic E-state index is 0.338. The van der Waals surface area contributed by atoms with Crippen molar-refractivity contribution >= 4 is 34.4 Å². The number of hydrogen-bond acceptors (Lipinski definition) is 7. The van der Waals surface area contributed by atoms with Crippen LogP contribution in [0.15, 0.2) is 36.4 Å². The Labute approximate surface area is 197 Å². The lowest BCUT2D eigenvalue weighted by atomic mass is 10.0. The molecule has 0 unspecified atom stereocenters. The van der Waals surface area contributed by atoms with Gasteiger partial charge in [-0.25, -0.2) is 9.78 Å². The molecule has 1 aliphatic carbocycles. The first kappa shape index (κ1) is 23.1. The van der Waals surface area contributed by atoms with Crippen molar-refractivity contribution in [3.63, 3.8) is 0 Å². The maximum Gasteiger partial charge on any atom is 0.339 e. The van der Waals surface area contributed by atoms with Crippen LogP contribution >= 0.6 is 0 Å². The molecule has 0 radical (unpaired) electrons. The van der Waals surface area contributed by atoms with Crippen LogP contribution in [0.3, 0.4) is 0 Å². The number of carbonyl (C=O) groups is 2. The van der Waals surface area contributed by atoms with Crippen molar-refractivity contribution in [1.29, 1.82) is 0 Å². The Bertz CT molecular complexity index is 1270. The number of nitrogens with one attached hydrogen (secondary N) is 1. The summed E-state index contributed by atoms with van der Waals surface area (Å²) in [6, 6.07) is 11.2. The lowest BCUT2D eigenvalue weighted by Crippen LogP contribution is -2.25. The van der Waals surface area contributed by atoms with E-state index < -0.39 is 5.97 Å². The van der Waals surface area contributed by atoms with E-state index in [9.17, 15) is 9.59 Å². The van der Waals surface area contributed by atoms with Crippen molar-refractivity contribution in [3.05, 3.63) is 58.8 Å². The highest BCUT2D eigenvalue weighted by Gasteiger charge is 2.28. The van der Waals surface area contributed by atoms with E-state index in [1.165, 1.54) is 7.05 Å². The number of pyridine rings is 1. The Morgan fingerprint density at radius 2 is 1.74 bits per heavy atom. The number of hydrogen-bond donors (Lipinski definition) is 1. The molecule has 8 heteroatoms. The number of amides is 1. The number of allylic oxidation sites excluding steroid dienone is 1. The van der Waals surface area contributed by atoms with Crippen LogP contribution in [-0.4, -0.2) is 51.8 Å². The number of nitrogens with zero attached hydrogens (tertiary/aromatic N) is 1. The maximum atomic E-state index is 13.0. The Kier molecular flexibility index (Phi) is 6.67. The largest absolute Gasteiger partial charge is 0.493 e. The van der Waals surface area contributed by atoms with E-state index in [1.807, 2.05) is 42.5 Å². The molecule has 34 heavy (non-hydrogen) atoms. The molecule has 8 nitrogen and oxygen atoms in total. The zero-order chi connectivity index (χ0) is 24.2. The fraction of sp³-hybridized carbons (Fsp3) is 0.269. The fourth-order valence-corrected chi connectivity index (χ4v) is 4.17. The van der Waals surface area contributed by atoms with Gasteiger partial charge >= 0.3 is 5.97 Å². The van der Waals surface area contributed by atoms with Gasteiger partial charge in [-0.15, -0.1) is 0 Å². The number of para-hydroxylation sites is 1. The molecule has 0 aliphatic heterocycles. The van der Waals surface area contributed by atoms with Crippen molar-refractivity contribution in [1.82, 2.24) is 10.3 Å².